The summed E-state index contributed by atoms with van der Waals surface area (Å²) in [5.74, 6) is 0.413. The van der Waals surface area contributed by atoms with Gasteiger partial charge < -0.3 is 4.74 Å². The third-order valence-electron chi connectivity index (χ3n) is 3.88. The van der Waals surface area contributed by atoms with Gasteiger partial charge >= 0.3 is 6.18 Å². The zero-order chi connectivity index (χ0) is 18.6. The molecular weight excluding hydrogens is 339 g/mol. The zero-order valence-corrected chi connectivity index (χ0v) is 13.8. The number of ether oxygens (including phenoxy) is 1. The molecule has 3 rings (SSSR count). The van der Waals surface area contributed by atoms with Gasteiger partial charge in [0, 0.05) is 17.8 Å². The number of hydrogen-bond donors (Lipinski definition) is 0. The first-order valence-electron chi connectivity index (χ1n) is 7.94. The molecule has 3 aromatic rings. The molecule has 1 aromatic heterocycles. The number of alkyl halides is 3. The maximum Gasteiger partial charge on any atom is 0.417 e. The SMILES string of the molecule is C=Cc1ccc(-c2ccc(OCc3ccccc3)nc2)cc1C(F)(F)F. The van der Waals surface area contributed by atoms with Crippen molar-refractivity contribution in [2.24, 2.45) is 0 Å². The highest BCUT2D eigenvalue weighted by molar-refractivity contribution is 5.67. The van der Waals surface area contributed by atoms with Crippen LogP contribution in [0.5, 0.6) is 5.88 Å². The van der Waals surface area contributed by atoms with E-state index in [1.54, 1.807) is 18.2 Å². The van der Waals surface area contributed by atoms with Gasteiger partial charge in [-0.3, -0.25) is 0 Å². The van der Waals surface area contributed by atoms with Gasteiger partial charge in [0.25, 0.3) is 0 Å². The van der Waals surface area contributed by atoms with Crippen LogP contribution in [0, 0.1) is 0 Å². The van der Waals surface area contributed by atoms with E-state index in [4.69, 9.17) is 4.74 Å². The summed E-state index contributed by atoms with van der Waals surface area (Å²) in [5.41, 5.74) is 1.36. The van der Waals surface area contributed by atoms with Gasteiger partial charge in [-0.15, -0.1) is 0 Å². The van der Waals surface area contributed by atoms with Crippen LogP contribution in [0.2, 0.25) is 0 Å². The summed E-state index contributed by atoms with van der Waals surface area (Å²) in [7, 11) is 0. The third kappa shape index (κ3) is 4.11. The second-order valence-electron chi connectivity index (χ2n) is 5.66. The van der Waals surface area contributed by atoms with Crippen molar-refractivity contribution in [2.75, 3.05) is 0 Å². The van der Waals surface area contributed by atoms with E-state index in [-0.39, 0.29) is 5.56 Å². The smallest absolute Gasteiger partial charge is 0.417 e. The molecule has 0 aliphatic heterocycles. The van der Waals surface area contributed by atoms with Crippen molar-refractivity contribution in [1.29, 1.82) is 0 Å². The molecule has 0 aliphatic rings. The Hall–Kier alpha value is -3.08. The molecule has 0 N–H and O–H groups in total. The predicted octanol–water partition coefficient (Wildman–Crippen LogP) is 5.99. The Morgan fingerprint density at radius 1 is 0.962 bits per heavy atom. The molecule has 0 amide bonds. The van der Waals surface area contributed by atoms with Crippen molar-refractivity contribution in [3.8, 4) is 17.0 Å². The number of rotatable bonds is 5. The molecule has 0 fully saturated rings. The fourth-order valence-electron chi connectivity index (χ4n) is 2.53. The van der Waals surface area contributed by atoms with Crippen LogP contribution in [0.3, 0.4) is 0 Å². The van der Waals surface area contributed by atoms with Crippen molar-refractivity contribution >= 4 is 6.08 Å². The summed E-state index contributed by atoms with van der Waals surface area (Å²) in [4.78, 5) is 4.18. The van der Waals surface area contributed by atoms with Gasteiger partial charge in [0.2, 0.25) is 5.88 Å². The van der Waals surface area contributed by atoms with Gasteiger partial charge in [-0.25, -0.2) is 4.98 Å². The molecule has 132 valence electrons. The van der Waals surface area contributed by atoms with Gasteiger partial charge in [-0.1, -0.05) is 55.1 Å². The van der Waals surface area contributed by atoms with Crippen LogP contribution in [0.15, 0.2) is 73.4 Å². The molecule has 0 atom stereocenters. The van der Waals surface area contributed by atoms with Crippen molar-refractivity contribution < 1.29 is 17.9 Å². The first kappa shape index (κ1) is 17.7. The molecule has 0 saturated carbocycles. The first-order valence-corrected chi connectivity index (χ1v) is 7.94. The molecule has 0 unspecified atom stereocenters. The van der Waals surface area contributed by atoms with Crippen molar-refractivity contribution in [3.63, 3.8) is 0 Å². The summed E-state index contributed by atoms with van der Waals surface area (Å²) < 4.78 is 45.1. The van der Waals surface area contributed by atoms with Crippen LogP contribution < -0.4 is 4.74 Å². The van der Waals surface area contributed by atoms with Crippen molar-refractivity contribution in [3.05, 3.63) is 90.1 Å². The van der Waals surface area contributed by atoms with Crippen LogP contribution in [0.1, 0.15) is 16.7 Å². The standard InChI is InChI=1S/C21H16F3NO/c1-2-16-8-9-17(12-19(16)21(22,23)24)18-10-11-20(25-13-18)26-14-15-6-4-3-5-7-15/h2-13H,1,14H2. The Labute approximate surface area is 149 Å². The fourth-order valence-corrected chi connectivity index (χ4v) is 2.53. The van der Waals surface area contributed by atoms with Gasteiger partial charge in [0.05, 0.1) is 5.56 Å². The zero-order valence-electron chi connectivity index (χ0n) is 13.8. The maximum atomic E-state index is 13.2. The average Bonchev–Trinajstić information content (AvgIpc) is 2.66. The molecule has 0 aliphatic carbocycles. The van der Waals surface area contributed by atoms with Gasteiger partial charge in [-0.05, 0) is 28.8 Å². The first-order chi connectivity index (χ1) is 12.5. The van der Waals surface area contributed by atoms with Crippen LogP contribution in [-0.4, -0.2) is 4.98 Å². The Morgan fingerprint density at radius 2 is 1.69 bits per heavy atom. The molecule has 1 heterocycles. The van der Waals surface area contributed by atoms with Gasteiger partial charge in [0.1, 0.15) is 6.61 Å². The number of aromatic nitrogens is 1. The lowest BCUT2D eigenvalue weighted by atomic mass is 10.00. The van der Waals surface area contributed by atoms with Crippen molar-refractivity contribution in [2.45, 2.75) is 12.8 Å². The Balaban J connectivity index is 1.79. The van der Waals surface area contributed by atoms with Gasteiger partial charge in [0.15, 0.2) is 0 Å². The fraction of sp³-hybridized carbons (Fsp3) is 0.0952. The molecule has 5 heteroatoms. The van der Waals surface area contributed by atoms with E-state index in [0.29, 0.717) is 23.6 Å². The second-order valence-corrected chi connectivity index (χ2v) is 5.66. The second kappa shape index (κ2) is 7.44. The normalized spacial score (nSPS) is 11.2. The van der Waals surface area contributed by atoms with Crippen LogP contribution in [0.4, 0.5) is 13.2 Å². The minimum absolute atomic E-state index is 0.0528. The van der Waals surface area contributed by atoms with Gasteiger partial charge in [-0.2, -0.15) is 13.2 Å². The summed E-state index contributed by atoms with van der Waals surface area (Å²) >= 11 is 0. The highest BCUT2D eigenvalue weighted by Crippen LogP contribution is 2.35. The topological polar surface area (TPSA) is 22.1 Å². The van der Waals surface area contributed by atoms with E-state index in [0.717, 1.165) is 11.6 Å². The predicted molar refractivity (Wildman–Crippen MR) is 95.5 cm³/mol. The molecular formula is C21H16F3NO. The molecule has 26 heavy (non-hydrogen) atoms. The third-order valence-corrected chi connectivity index (χ3v) is 3.88. The minimum Gasteiger partial charge on any atom is -0.473 e. The van der Waals surface area contributed by atoms with Crippen LogP contribution in [-0.2, 0) is 12.8 Å². The van der Waals surface area contributed by atoms with Crippen LogP contribution >= 0.6 is 0 Å². The average molecular weight is 355 g/mol. The number of hydrogen-bond acceptors (Lipinski definition) is 2. The Kier molecular flexibility index (Phi) is 5.07. The summed E-state index contributed by atoms with van der Waals surface area (Å²) in [5, 5.41) is 0. The number of halogens is 3. The largest absolute Gasteiger partial charge is 0.473 e. The van der Waals surface area contributed by atoms with Crippen LogP contribution in [0.25, 0.3) is 17.2 Å². The lowest BCUT2D eigenvalue weighted by Gasteiger charge is -2.13. The van der Waals surface area contributed by atoms with E-state index in [2.05, 4.69) is 11.6 Å². The number of nitrogens with zero attached hydrogens (tertiary/aromatic N) is 1. The molecule has 2 aromatic carbocycles. The van der Waals surface area contributed by atoms with E-state index < -0.39 is 11.7 Å². The summed E-state index contributed by atoms with van der Waals surface area (Å²) in [6.45, 7) is 3.81. The molecule has 0 saturated heterocycles. The van der Waals surface area contributed by atoms with E-state index in [1.807, 2.05) is 30.3 Å². The molecule has 0 radical (unpaired) electrons. The Morgan fingerprint density at radius 3 is 2.31 bits per heavy atom. The summed E-state index contributed by atoms with van der Waals surface area (Å²) in [6, 6.07) is 17.1. The van der Waals surface area contributed by atoms with Crippen molar-refractivity contribution in [1.82, 2.24) is 4.98 Å². The molecule has 0 bridgehead atoms. The van der Waals surface area contributed by atoms with E-state index in [1.165, 1.54) is 18.3 Å². The quantitative estimate of drug-likeness (QED) is 0.561. The highest BCUT2D eigenvalue weighted by atomic mass is 19.4. The molecule has 0 spiro atoms. The lowest BCUT2D eigenvalue weighted by molar-refractivity contribution is -0.137. The van der Waals surface area contributed by atoms with E-state index >= 15 is 0 Å². The summed E-state index contributed by atoms with van der Waals surface area (Å²) in [6.07, 6.45) is -1.74. The molecule has 2 nitrogen and oxygen atoms in total. The lowest BCUT2D eigenvalue weighted by Crippen LogP contribution is -2.07. The maximum absolute atomic E-state index is 13.2. The number of pyridine rings is 1. The monoisotopic (exact) mass is 355 g/mol. The minimum atomic E-state index is -4.44. The number of benzene rings is 2. The van der Waals surface area contributed by atoms with E-state index in [9.17, 15) is 13.2 Å². The Bertz CT molecular complexity index is 887. The highest BCUT2D eigenvalue weighted by Gasteiger charge is 2.33.